The van der Waals surface area contributed by atoms with Crippen molar-refractivity contribution in [3.05, 3.63) is 102 Å². The highest BCUT2D eigenvalue weighted by molar-refractivity contribution is 5.80. The van der Waals surface area contributed by atoms with Gasteiger partial charge in [-0.05, 0) is 40.8 Å². The summed E-state index contributed by atoms with van der Waals surface area (Å²) in [6, 6.07) is 27.0. The van der Waals surface area contributed by atoms with Crippen LogP contribution in [0.3, 0.4) is 0 Å². The zero-order valence-corrected chi connectivity index (χ0v) is 19.5. The summed E-state index contributed by atoms with van der Waals surface area (Å²) in [5.41, 5.74) is 5.55. The molecule has 7 heteroatoms. The Morgan fingerprint density at radius 1 is 0.829 bits per heavy atom. The molecule has 7 nitrogen and oxygen atoms in total. The Kier molecular flexibility index (Phi) is 6.72. The first kappa shape index (κ1) is 22.2. The van der Waals surface area contributed by atoms with Crippen LogP contribution in [0.1, 0.15) is 29.7 Å². The smallest absolute Gasteiger partial charge is 0.205 e. The Morgan fingerprint density at radius 3 is 2.34 bits per heavy atom. The molecule has 0 spiro atoms. The van der Waals surface area contributed by atoms with E-state index in [1.807, 2.05) is 35.9 Å². The van der Waals surface area contributed by atoms with Crippen LogP contribution in [0.15, 0.2) is 78.9 Å². The van der Waals surface area contributed by atoms with Crippen LogP contribution in [0.2, 0.25) is 0 Å². The van der Waals surface area contributed by atoms with E-state index in [1.165, 1.54) is 11.1 Å². The number of nitrogens with zero attached hydrogens (tertiary/aromatic N) is 6. The van der Waals surface area contributed by atoms with Crippen LogP contribution in [-0.2, 0) is 25.8 Å². The summed E-state index contributed by atoms with van der Waals surface area (Å²) in [6.45, 7) is 2.39. The summed E-state index contributed by atoms with van der Waals surface area (Å²) >= 11 is 0. The predicted octanol–water partition coefficient (Wildman–Crippen LogP) is 4.52. The Hall–Kier alpha value is -4.57. The molecular formula is C28H25N7. The standard InChI is InChI=1S/C28H25N7/c1-2-3-19-35-27(29-26(32-35)18-15-21-9-5-4-6-10-21)20-22-13-16-23(17-14-22)24-11-7-8-12-25(24)28-30-33-34-31-28/h4-14,16-17H,15,18-20H2,1H3,(H,30,31,33,34). The number of aryl methyl sites for hydroxylation is 2. The molecule has 0 aliphatic carbocycles. The average molecular weight is 460 g/mol. The van der Waals surface area contributed by atoms with Gasteiger partial charge in [0.1, 0.15) is 12.4 Å². The Labute approximate surface area is 204 Å². The van der Waals surface area contributed by atoms with Crippen LogP contribution in [0.4, 0.5) is 0 Å². The maximum Gasteiger partial charge on any atom is 0.205 e. The highest BCUT2D eigenvalue weighted by Gasteiger charge is 2.13. The molecule has 0 aliphatic heterocycles. The summed E-state index contributed by atoms with van der Waals surface area (Å²) in [6.07, 6.45) is 2.41. The predicted molar refractivity (Wildman–Crippen MR) is 135 cm³/mol. The van der Waals surface area contributed by atoms with Gasteiger partial charge in [0, 0.05) is 18.4 Å². The molecule has 5 aromatic rings. The number of tetrazole rings is 1. The van der Waals surface area contributed by atoms with Crippen molar-refractivity contribution >= 4 is 0 Å². The third kappa shape index (κ3) is 5.33. The van der Waals surface area contributed by atoms with Crippen molar-refractivity contribution < 1.29 is 0 Å². The van der Waals surface area contributed by atoms with Crippen LogP contribution in [0.5, 0.6) is 0 Å². The number of H-pyrrole nitrogens is 1. The van der Waals surface area contributed by atoms with E-state index in [1.54, 1.807) is 0 Å². The van der Waals surface area contributed by atoms with Crippen molar-refractivity contribution in [2.75, 3.05) is 0 Å². The molecule has 0 saturated carbocycles. The van der Waals surface area contributed by atoms with Gasteiger partial charge >= 0.3 is 0 Å². The van der Waals surface area contributed by atoms with E-state index in [4.69, 9.17) is 10.1 Å². The number of nitrogens with one attached hydrogen (secondary N) is 1. The highest BCUT2D eigenvalue weighted by atomic mass is 15.5. The fourth-order valence-corrected chi connectivity index (χ4v) is 4.03. The van der Waals surface area contributed by atoms with Crippen molar-refractivity contribution in [1.29, 1.82) is 0 Å². The Balaban J connectivity index is 1.35. The Morgan fingerprint density at radius 2 is 1.60 bits per heavy atom. The van der Waals surface area contributed by atoms with Crippen molar-refractivity contribution in [3.63, 3.8) is 0 Å². The van der Waals surface area contributed by atoms with Gasteiger partial charge in [-0.2, -0.15) is 10.3 Å². The van der Waals surface area contributed by atoms with E-state index in [0.717, 1.165) is 41.2 Å². The molecule has 0 unspecified atom stereocenters. The number of aromatic amines is 1. The van der Waals surface area contributed by atoms with Gasteiger partial charge in [0.05, 0.1) is 0 Å². The van der Waals surface area contributed by atoms with Crippen molar-refractivity contribution in [2.45, 2.75) is 32.7 Å². The second-order valence-electron chi connectivity index (χ2n) is 8.17. The molecule has 0 bridgehead atoms. The number of hydrogen-bond acceptors (Lipinski definition) is 5. The van der Waals surface area contributed by atoms with E-state index in [2.05, 4.69) is 87.1 Å². The maximum atomic E-state index is 4.86. The first-order valence-corrected chi connectivity index (χ1v) is 11.6. The van der Waals surface area contributed by atoms with Gasteiger partial charge in [0.15, 0.2) is 5.82 Å². The van der Waals surface area contributed by atoms with Crippen molar-refractivity contribution in [3.8, 4) is 34.4 Å². The molecule has 2 aromatic heterocycles. The minimum atomic E-state index is 0.542. The molecule has 35 heavy (non-hydrogen) atoms. The van der Waals surface area contributed by atoms with E-state index in [0.29, 0.717) is 18.8 Å². The van der Waals surface area contributed by atoms with Gasteiger partial charge in [0.2, 0.25) is 5.82 Å². The molecule has 0 radical (unpaired) electrons. The van der Waals surface area contributed by atoms with E-state index in [-0.39, 0.29) is 0 Å². The number of aromatic nitrogens is 7. The lowest BCUT2D eigenvalue weighted by molar-refractivity contribution is 0.661. The molecule has 5 rings (SSSR count). The highest BCUT2D eigenvalue weighted by Crippen LogP contribution is 2.30. The molecule has 3 aromatic carbocycles. The van der Waals surface area contributed by atoms with Gasteiger partial charge < -0.3 is 0 Å². The van der Waals surface area contributed by atoms with Crippen LogP contribution in [-0.4, -0.2) is 35.4 Å². The van der Waals surface area contributed by atoms with Gasteiger partial charge in [-0.15, -0.1) is 16.1 Å². The average Bonchev–Trinajstić information content (AvgIpc) is 3.58. The second-order valence-corrected chi connectivity index (χ2v) is 8.17. The number of benzene rings is 3. The Bertz CT molecular complexity index is 1440. The number of hydrogen-bond donors (Lipinski definition) is 1. The molecule has 0 fully saturated rings. The first-order valence-electron chi connectivity index (χ1n) is 11.6. The molecule has 1 N–H and O–H groups in total. The topological polar surface area (TPSA) is 85.2 Å². The zero-order chi connectivity index (χ0) is 23.9. The summed E-state index contributed by atoms with van der Waals surface area (Å²) in [5, 5.41) is 19.2. The molecule has 0 saturated heterocycles. The van der Waals surface area contributed by atoms with Gasteiger partial charge in [0.25, 0.3) is 0 Å². The molecule has 0 aliphatic rings. The second kappa shape index (κ2) is 10.6. The SMILES string of the molecule is CC#CCn1nc(CCc2ccccc2)nc1Cc1ccc(-c2ccccc2-c2nn[nH]n2)cc1. The monoisotopic (exact) mass is 459 g/mol. The molecule has 172 valence electrons. The first-order chi connectivity index (χ1) is 17.3. The zero-order valence-electron chi connectivity index (χ0n) is 19.5. The van der Waals surface area contributed by atoms with E-state index < -0.39 is 0 Å². The van der Waals surface area contributed by atoms with Gasteiger partial charge in [-0.1, -0.05) is 84.8 Å². The third-order valence-electron chi connectivity index (χ3n) is 5.82. The summed E-state index contributed by atoms with van der Waals surface area (Å²) in [5.74, 6) is 8.44. The number of rotatable bonds is 8. The van der Waals surface area contributed by atoms with Crippen molar-refractivity contribution in [2.24, 2.45) is 0 Å². The normalized spacial score (nSPS) is 10.7. The summed E-state index contributed by atoms with van der Waals surface area (Å²) in [7, 11) is 0. The fourth-order valence-electron chi connectivity index (χ4n) is 4.03. The van der Waals surface area contributed by atoms with Gasteiger partial charge in [-0.25, -0.2) is 9.67 Å². The molecule has 0 atom stereocenters. The maximum absolute atomic E-state index is 4.86. The van der Waals surface area contributed by atoms with E-state index in [9.17, 15) is 0 Å². The molecule has 0 amide bonds. The van der Waals surface area contributed by atoms with E-state index >= 15 is 0 Å². The lowest BCUT2D eigenvalue weighted by Gasteiger charge is -2.08. The summed E-state index contributed by atoms with van der Waals surface area (Å²) in [4.78, 5) is 4.86. The third-order valence-corrected chi connectivity index (χ3v) is 5.82. The minimum absolute atomic E-state index is 0.542. The lowest BCUT2D eigenvalue weighted by Crippen LogP contribution is -2.05. The quantitative estimate of drug-likeness (QED) is 0.345. The van der Waals surface area contributed by atoms with Crippen LogP contribution in [0.25, 0.3) is 22.5 Å². The van der Waals surface area contributed by atoms with Crippen LogP contribution < -0.4 is 0 Å². The van der Waals surface area contributed by atoms with Crippen LogP contribution >= 0.6 is 0 Å². The van der Waals surface area contributed by atoms with Crippen LogP contribution in [0, 0.1) is 11.8 Å². The largest absolute Gasteiger partial charge is 0.237 e. The lowest BCUT2D eigenvalue weighted by atomic mass is 9.98. The molecular weight excluding hydrogens is 434 g/mol. The van der Waals surface area contributed by atoms with Gasteiger partial charge in [-0.3, -0.25) is 0 Å². The van der Waals surface area contributed by atoms with Crippen molar-refractivity contribution in [1.82, 2.24) is 35.4 Å². The fraction of sp³-hybridized carbons (Fsp3) is 0.179. The summed E-state index contributed by atoms with van der Waals surface area (Å²) < 4.78 is 1.93. The minimum Gasteiger partial charge on any atom is -0.237 e. The molecule has 2 heterocycles.